The Morgan fingerprint density at radius 1 is 1.19 bits per heavy atom. The van der Waals surface area contributed by atoms with Crippen molar-refractivity contribution in [3.05, 3.63) is 58.6 Å². The van der Waals surface area contributed by atoms with Gasteiger partial charge in [-0.05, 0) is 67.6 Å². The molecule has 2 aromatic carbocycles. The average Bonchev–Trinajstić information content (AvgIpc) is 3.43. The summed E-state index contributed by atoms with van der Waals surface area (Å²) in [6.45, 7) is 2.20. The molecule has 4 rings (SSSR count). The zero-order valence-corrected chi connectivity index (χ0v) is 16.6. The fourth-order valence-electron chi connectivity index (χ4n) is 3.50. The topological polar surface area (TPSA) is 66.5 Å². The van der Waals surface area contributed by atoms with Crippen LogP contribution in [0.25, 0.3) is 0 Å². The van der Waals surface area contributed by atoms with E-state index in [1.165, 1.54) is 0 Å². The van der Waals surface area contributed by atoms with E-state index in [1.807, 2.05) is 11.8 Å². The van der Waals surface area contributed by atoms with Crippen LogP contribution in [0.1, 0.15) is 30.9 Å². The molecule has 1 N–H and O–H groups in total. The molecule has 1 fully saturated rings. The van der Waals surface area contributed by atoms with Gasteiger partial charge >= 0.3 is 0 Å². The first kappa shape index (κ1) is 18.5. The van der Waals surface area contributed by atoms with Crippen LogP contribution in [0.5, 0.6) is 0 Å². The quantitative estimate of drug-likeness (QED) is 0.829. The van der Waals surface area contributed by atoms with Crippen LogP contribution in [0.2, 0.25) is 5.02 Å². The molecule has 0 radical (unpaired) electrons. The van der Waals surface area contributed by atoms with Crippen molar-refractivity contribution in [2.24, 2.45) is 5.92 Å². The molecule has 1 aliphatic carbocycles. The van der Waals surface area contributed by atoms with E-state index in [4.69, 9.17) is 11.6 Å². The fourth-order valence-corrected chi connectivity index (χ4v) is 4.70. The highest BCUT2D eigenvalue weighted by Crippen LogP contribution is 2.39. The van der Waals surface area contributed by atoms with Crippen molar-refractivity contribution in [3.63, 3.8) is 0 Å². The zero-order chi connectivity index (χ0) is 19.2. The van der Waals surface area contributed by atoms with Gasteiger partial charge in [0.2, 0.25) is 15.9 Å². The molecule has 0 spiro atoms. The van der Waals surface area contributed by atoms with Crippen molar-refractivity contribution in [2.75, 3.05) is 4.90 Å². The summed E-state index contributed by atoms with van der Waals surface area (Å²) in [7, 11) is -3.64. The van der Waals surface area contributed by atoms with Crippen LogP contribution in [-0.2, 0) is 27.8 Å². The average molecular weight is 405 g/mol. The summed E-state index contributed by atoms with van der Waals surface area (Å²) in [6, 6.07) is 12.1. The summed E-state index contributed by atoms with van der Waals surface area (Å²) in [4.78, 5) is 14.6. The minimum absolute atomic E-state index is 0.0630. The lowest BCUT2D eigenvalue weighted by Crippen LogP contribution is -2.36. The Morgan fingerprint density at radius 2 is 1.89 bits per heavy atom. The molecule has 7 heteroatoms. The zero-order valence-electron chi connectivity index (χ0n) is 15.0. The standard InChI is InChI=1S/C20H21ClN2O3S/c1-13-10-16-11-18(8-9-19(16)23(13)20(24)15-4-5-15)27(25,26)22-12-14-2-6-17(21)7-3-14/h2-3,6-9,11,13,15,22H,4-5,10,12H2,1H3. The lowest BCUT2D eigenvalue weighted by molar-refractivity contribution is -0.120. The van der Waals surface area contributed by atoms with E-state index in [9.17, 15) is 13.2 Å². The fraction of sp³-hybridized carbons (Fsp3) is 0.350. The van der Waals surface area contributed by atoms with Crippen LogP contribution >= 0.6 is 11.6 Å². The maximum atomic E-state index is 12.7. The van der Waals surface area contributed by atoms with Crippen LogP contribution in [-0.4, -0.2) is 20.4 Å². The van der Waals surface area contributed by atoms with Gasteiger partial charge in [0.1, 0.15) is 0 Å². The van der Waals surface area contributed by atoms with Crippen molar-refractivity contribution < 1.29 is 13.2 Å². The smallest absolute Gasteiger partial charge is 0.240 e. The summed E-state index contributed by atoms with van der Waals surface area (Å²) >= 11 is 5.85. The number of nitrogens with one attached hydrogen (secondary N) is 1. The van der Waals surface area contributed by atoms with Gasteiger partial charge in [-0.2, -0.15) is 0 Å². The van der Waals surface area contributed by atoms with Gasteiger partial charge in [0.25, 0.3) is 0 Å². The second-order valence-electron chi connectivity index (χ2n) is 7.28. The SMILES string of the molecule is CC1Cc2cc(S(=O)(=O)NCc3ccc(Cl)cc3)ccc2N1C(=O)C1CC1. The number of hydrogen-bond acceptors (Lipinski definition) is 3. The molecule has 27 heavy (non-hydrogen) atoms. The number of fused-ring (bicyclic) bond motifs is 1. The molecule has 142 valence electrons. The molecule has 5 nitrogen and oxygen atoms in total. The predicted molar refractivity (Wildman–Crippen MR) is 105 cm³/mol. The number of rotatable bonds is 5. The largest absolute Gasteiger partial charge is 0.309 e. The highest BCUT2D eigenvalue weighted by atomic mass is 35.5. The van der Waals surface area contributed by atoms with Gasteiger partial charge in [0.05, 0.1) is 4.90 Å². The number of carbonyl (C=O) groups excluding carboxylic acids is 1. The summed E-state index contributed by atoms with van der Waals surface area (Å²) in [5, 5.41) is 0.611. The Hall–Kier alpha value is -1.89. The third kappa shape index (κ3) is 3.74. The monoisotopic (exact) mass is 404 g/mol. The first-order valence-corrected chi connectivity index (χ1v) is 10.9. The van der Waals surface area contributed by atoms with Crippen molar-refractivity contribution in [3.8, 4) is 0 Å². The molecule has 2 aromatic rings. The molecule has 0 bridgehead atoms. The molecule has 1 amide bonds. The molecule has 1 unspecified atom stereocenters. The molecule has 1 saturated carbocycles. The Kier molecular flexibility index (Phi) is 4.74. The van der Waals surface area contributed by atoms with Gasteiger partial charge in [-0.1, -0.05) is 23.7 Å². The number of nitrogens with zero attached hydrogens (tertiary/aromatic N) is 1. The van der Waals surface area contributed by atoms with Crippen molar-refractivity contribution >= 4 is 33.2 Å². The number of amides is 1. The van der Waals surface area contributed by atoms with Crippen LogP contribution in [0.4, 0.5) is 5.69 Å². The number of anilines is 1. The number of carbonyl (C=O) groups is 1. The van der Waals surface area contributed by atoms with Gasteiger partial charge in [0, 0.05) is 29.2 Å². The highest BCUT2D eigenvalue weighted by Gasteiger charge is 2.39. The minimum Gasteiger partial charge on any atom is -0.309 e. The lowest BCUT2D eigenvalue weighted by Gasteiger charge is -2.22. The summed E-state index contributed by atoms with van der Waals surface area (Å²) < 4.78 is 28.0. The van der Waals surface area contributed by atoms with Gasteiger partial charge in [-0.3, -0.25) is 4.79 Å². The highest BCUT2D eigenvalue weighted by molar-refractivity contribution is 7.89. The van der Waals surface area contributed by atoms with E-state index in [-0.39, 0.29) is 29.3 Å². The molecular formula is C20H21ClN2O3S. The minimum atomic E-state index is -3.64. The molecule has 1 aliphatic heterocycles. The number of halogens is 1. The predicted octanol–water partition coefficient (Wildman–Crippen LogP) is 3.51. The Labute approximate surface area is 164 Å². The van der Waals surface area contributed by atoms with Gasteiger partial charge in [0.15, 0.2) is 0 Å². The summed E-state index contributed by atoms with van der Waals surface area (Å²) in [6.07, 6.45) is 2.59. The molecular weight excluding hydrogens is 384 g/mol. The van der Waals surface area contributed by atoms with E-state index < -0.39 is 10.0 Å². The Balaban J connectivity index is 1.53. The first-order valence-electron chi connectivity index (χ1n) is 9.05. The first-order chi connectivity index (χ1) is 12.8. The van der Waals surface area contributed by atoms with Crippen molar-refractivity contribution in [1.82, 2.24) is 4.72 Å². The Morgan fingerprint density at radius 3 is 2.56 bits per heavy atom. The van der Waals surface area contributed by atoms with E-state index in [1.54, 1.807) is 42.5 Å². The maximum absolute atomic E-state index is 12.7. The van der Waals surface area contributed by atoms with Crippen molar-refractivity contribution in [2.45, 2.75) is 43.7 Å². The van der Waals surface area contributed by atoms with Gasteiger partial charge in [-0.15, -0.1) is 0 Å². The number of benzene rings is 2. The summed E-state index contributed by atoms with van der Waals surface area (Å²) in [5.41, 5.74) is 2.58. The van der Waals surface area contributed by atoms with Gasteiger partial charge < -0.3 is 4.90 Å². The van der Waals surface area contributed by atoms with Crippen LogP contribution in [0.3, 0.4) is 0 Å². The van der Waals surface area contributed by atoms with E-state index in [0.29, 0.717) is 11.4 Å². The Bertz CT molecular complexity index is 985. The van der Waals surface area contributed by atoms with E-state index in [2.05, 4.69) is 4.72 Å². The van der Waals surface area contributed by atoms with Crippen LogP contribution < -0.4 is 9.62 Å². The normalized spacial score (nSPS) is 19.2. The van der Waals surface area contributed by atoms with Gasteiger partial charge in [-0.25, -0.2) is 13.1 Å². The maximum Gasteiger partial charge on any atom is 0.240 e. The van der Waals surface area contributed by atoms with E-state index in [0.717, 1.165) is 29.7 Å². The molecule has 0 aromatic heterocycles. The number of sulfonamides is 1. The van der Waals surface area contributed by atoms with Crippen LogP contribution in [0, 0.1) is 5.92 Å². The van der Waals surface area contributed by atoms with Crippen LogP contribution in [0.15, 0.2) is 47.4 Å². The van der Waals surface area contributed by atoms with E-state index >= 15 is 0 Å². The molecule has 1 heterocycles. The summed E-state index contributed by atoms with van der Waals surface area (Å²) in [5.74, 6) is 0.306. The molecule has 0 saturated heterocycles. The number of hydrogen-bond donors (Lipinski definition) is 1. The molecule has 1 atom stereocenters. The third-order valence-corrected chi connectivity index (χ3v) is 6.77. The lowest BCUT2D eigenvalue weighted by atomic mass is 10.1. The third-order valence-electron chi connectivity index (χ3n) is 5.12. The second-order valence-corrected chi connectivity index (χ2v) is 9.48. The van der Waals surface area contributed by atoms with Crippen molar-refractivity contribution in [1.29, 1.82) is 0 Å². The molecule has 2 aliphatic rings. The second kappa shape index (κ2) is 6.93.